The van der Waals surface area contributed by atoms with Crippen LogP contribution < -0.4 is 5.73 Å². The van der Waals surface area contributed by atoms with E-state index in [1.165, 1.54) is 11.3 Å². The van der Waals surface area contributed by atoms with Gasteiger partial charge in [-0.15, -0.1) is 11.3 Å². The molecule has 7 heteroatoms. The predicted molar refractivity (Wildman–Crippen MR) is 68.9 cm³/mol. The molecule has 0 radical (unpaired) electrons. The van der Waals surface area contributed by atoms with Gasteiger partial charge in [0, 0.05) is 19.6 Å². The molecule has 100 valence electrons. The van der Waals surface area contributed by atoms with Crippen LogP contribution >= 0.6 is 11.3 Å². The molecule has 1 aromatic rings. The first-order valence-corrected chi connectivity index (χ1v) is 8.34. The predicted octanol–water partition coefficient (Wildman–Crippen LogP) is 0.759. The van der Waals surface area contributed by atoms with Crippen molar-refractivity contribution < 1.29 is 13.2 Å². The molecule has 2 saturated heterocycles. The van der Waals surface area contributed by atoms with Gasteiger partial charge >= 0.3 is 0 Å². The summed E-state index contributed by atoms with van der Waals surface area (Å²) in [6.45, 7) is 1.34. The van der Waals surface area contributed by atoms with Crippen molar-refractivity contribution in [2.75, 3.05) is 13.1 Å². The second kappa shape index (κ2) is 4.57. The van der Waals surface area contributed by atoms with Crippen molar-refractivity contribution in [3.8, 4) is 0 Å². The summed E-state index contributed by atoms with van der Waals surface area (Å²) in [5, 5.41) is 1.81. The maximum absolute atomic E-state index is 12.5. The molecule has 0 spiro atoms. The molecule has 1 aromatic heterocycles. The normalized spacial score (nSPS) is 28.7. The van der Waals surface area contributed by atoms with Crippen molar-refractivity contribution in [2.24, 2.45) is 5.73 Å². The summed E-state index contributed by atoms with van der Waals surface area (Å²) in [6.07, 6.45) is 2.09. The number of sulfonamides is 1. The molecule has 0 saturated carbocycles. The van der Waals surface area contributed by atoms with Crippen molar-refractivity contribution >= 4 is 21.4 Å². The molecule has 3 heterocycles. The van der Waals surface area contributed by atoms with E-state index in [0.717, 1.165) is 18.4 Å². The number of thiophene rings is 1. The quantitative estimate of drug-likeness (QED) is 0.891. The van der Waals surface area contributed by atoms with E-state index in [9.17, 15) is 8.42 Å². The molecule has 18 heavy (non-hydrogen) atoms. The van der Waals surface area contributed by atoms with E-state index in [2.05, 4.69) is 0 Å². The van der Waals surface area contributed by atoms with Crippen LogP contribution in [-0.4, -0.2) is 38.0 Å². The van der Waals surface area contributed by atoms with Crippen LogP contribution in [0.5, 0.6) is 0 Å². The number of morpholine rings is 1. The van der Waals surface area contributed by atoms with Crippen LogP contribution in [0.3, 0.4) is 0 Å². The Morgan fingerprint density at radius 2 is 2.06 bits per heavy atom. The number of hydrogen-bond donors (Lipinski definition) is 1. The lowest BCUT2D eigenvalue weighted by Gasteiger charge is -2.30. The number of hydrogen-bond acceptors (Lipinski definition) is 5. The molecule has 5 nitrogen and oxygen atoms in total. The van der Waals surface area contributed by atoms with E-state index in [0.29, 0.717) is 23.8 Å². The van der Waals surface area contributed by atoms with Gasteiger partial charge in [0.05, 0.1) is 12.2 Å². The molecular weight excluding hydrogens is 272 g/mol. The van der Waals surface area contributed by atoms with Crippen molar-refractivity contribution in [3.05, 3.63) is 17.0 Å². The molecule has 0 aromatic carbocycles. The SMILES string of the molecule is NCc1csc(S(=O)(=O)N2CC3CCC(C2)O3)c1. The highest BCUT2D eigenvalue weighted by atomic mass is 32.2. The minimum absolute atomic E-state index is 0.0764. The minimum atomic E-state index is -3.36. The first kappa shape index (κ1) is 12.6. The maximum Gasteiger partial charge on any atom is 0.252 e. The highest BCUT2D eigenvalue weighted by molar-refractivity contribution is 7.91. The third-order valence-corrected chi connectivity index (χ3v) is 6.77. The van der Waals surface area contributed by atoms with Crippen LogP contribution in [0.1, 0.15) is 18.4 Å². The summed E-state index contributed by atoms with van der Waals surface area (Å²) in [4.78, 5) is 0. The van der Waals surface area contributed by atoms with E-state index >= 15 is 0 Å². The zero-order valence-corrected chi connectivity index (χ0v) is 11.5. The fourth-order valence-electron chi connectivity index (χ4n) is 2.50. The fourth-order valence-corrected chi connectivity index (χ4v) is 5.37. The van der Waals surface area contributed by atoms with Gasteiger partial charge in [0.2, 0.25) is 0 Å². The lowest BCUT2D eigenvalue weighted by molar-refractivity contribution is -0.0114. The molecular formula is C11H16N2O3S2. The molecule has 2 unspecified atom stereocenters. The third kappa shape index (κ3) is 2.10. The van der Waals surface area contributed by atoms with Gasteiger partial charge in [-0.3, -0.25) is 0 Å². The average Bonchev–Trinajstić information content (AvgIpc) is 2.96. The molecule has 2 aliphatic heterocycles. The number of ether oxygens (including phenoxy) is 1. The number of nitrogens with zero attached hydrogens (tertiary/aromatic N) is 1. The minimum Gasteiger partial charge on any atom is -0.372 e. The summed E-state index contributed by atoms with van der Waals surface area (Å²) < 4.78 is 32.6. The fraction of sp³-hybridized carbons (Fsp3) is 0.636. The first-order chi connectivity index (χ1) is 8.59. The maximum atomic E-state index is 12.5. The van der Waals surface area contributed by atoms with Gasteiger partial charge in [-0.05, 0) is 29.9 Å². The van der Waals surface area contributed by atoms with E-state index in [-0.39, 0.29) is 12.2 Å². The first-order valence-electron chi connectivity index (χ1n) is 6.02. The summed E-state index contributed by atoms with van der Waals surface area (Å²) in [6, 6.07) is 1.68. The highest BCUT2D eigenvalue weighted by Crippen LogP contribution is 2.31. The Kier molecular flexibility index (Phi) is 3.19. The molecule has 0 aliphatic carbocycles. The van der Waals surface area contributed by atoms with Gasteiger partial charge in [0.25, 0.3) is 10.0 Å². The van der Waals surface area contributed by atoms with E-state index in [4.69, 9.17) is 10.5 Å². The largest absolute Gasteiger partial charge is 0.372 e. The van der Waals surface area contributed by atoms with Gasteiger partial charge < -0.3 is 10.5 Å². The third-order valence-electron chi connectivity index (χ3n) is 3.47. The highest BCUT2D eigenvalue weighted by Gasteiger charge is 2.39. The molecule has 2 atom stereocenters. The number of nitrogens with two attached hydrogens (primary N) is 1. The molecule has 3 rings (SSSR count). The average molecular weight is 288 g/mol. The van der Waals surface area contributed by atoms with Crippen LogP contribution in [-0.2, 0) is 21.3 Å². The number of rotatable bonds is 3. The van der Waals surface area contributed by atoms with E-state index in [1.807, 2.05) is 5.38 Å². The van der Waals surface area contributed by atoms with Crippen LogP contribution in [0.15, 0.2) is 15.7 Å². The Morgan fingerprint density at radius 1 is 1.39 bits per heavy atom. The number of fused-ring (bicyclic) bond motifs is 2. The summed E-state index contributed by atoms with van der Waals surface area (Å²) >= 11 is 1.25. The summed E-state index contributed by atoms with van der Waals surface area (Å²) in [7, 11) is -3.36. The lowest BCUT2D eigenvalue weighted by Crippen LogP contribution is -2.45. The second-order valence-electron chi connectivity index (χ2n) is 4.76. The lowest BCUT2D eigenvalue weighted by atomic mass is 10.2. The van der Waals surface area contributed by atoms with Crippen molar-refractivity contribution in [1.29, 1.82) is 0 Å². The van der Waals surface area contributed by atoms with Gasteiger partial charge in [0.15, 0.2) is 0 Å². The van der Waals surface area contributed by atoms with E-state index in [1.54, 1.807) is 10.4 Å². The Balaban J connectivity index is 1.86. The molecule has 0 amide bonds. The second-order valence-corrected chi connectivity index (χ2v) is 7.83. The Morgan fingerprint density at radius 3 is 2.61 bits per heavy atom. The van der Waals surface area contributed by atoms with Crippen LogP contribution in [0.2, 0.25) is 0 Å². The standard InChI is InChI=1S/C11H16N2O3S2/c12-4-8-3-11(17-7-8)18(14,15)13-5-9-1-2-10(6-13)16-9/h3,7,9-10H,1-2,4-6,12H2. The summed E-state index contributed by atoms with van der Waals surface area (Å²) in [5.74, 6) is 0. The van der Waals surface area contributed by atoms with Crippen LogP contribution in [0.25, 0.3) is 0 Å². The van der Waals surface area contributed by atoms with Crippen molar-refractivity contribution in [3.63, 3.8) is 0 Å². The molecule has 2 N–H and O–H groups in total. The molecule has 2 fully saturated rings. The van der Waals surface area contributed by atoms with Gasteiger partial charge in [0.1, 0.15) is 4.21 Å². The van der Waals surface area contributed by atoms with Crippen molar-refractivity contribution in [2.45, 2.75) is 35.8 Å². The van der Waals surface area contributed by atoms with E-state index < -0.39 is 10.0 Å². The van der Waals surface area contributed by atoms with Gasteiger partial charge in [-0.2, -0.15) is 4.31 Å². The van der Waals surface area contributed by atoms with Crippen LogP contribution in [0.4, 0.5) is 0 Å². The molecule has 2 bridgehead atoms. The topological polar surface area (TPSA) is 72.6 Å². The zero-order valence-electron chi connectivity index (χ0n) is 9.91. The summed E-state index contributed by atoms with van der Waals surface area (Å²) in [5.41, 5.74) is 6.39. The van der Waals surface area contributed by atoms with Gasteiger partial charge in [-0.25, -0.2) is 8.42 Å². The zero-order chi connectivity index (χ0) is 12.8. The monoisotopic (exact) mass is 288 g/mol. The smallest absolute Gasteiger partial charge is 0.252 e. The molecule has 2 aliphatic rings. The Hall–Kier alpha value is -0.470. The Bertz CT molecular complexity index is 528. The van der Waals surface area contributed by atoms with Crippen molar-refractivity contribution in [1.82, 2.24) is 4.31 Å². The van der Waals surface area contributed by atoms with Gasteiger partial charge in [-0.1, -0.05) is 0 Å². The Labute approximate surface area is 111 Å². The van der Waals surface area contributed by atoms with Crippen LogP contribution in [0, 0.1) is 0 Å².